The van der Waals surface area contributed by atoms with Gasteiger partial charge < -0.3 is 9.73 Å². The van der Waals surface area contributed by atoms with Crippen molar-refractivity contribution >= 4 is 17.7 Å². The topological polar surface area (TPSA) is 66.0 Å². The maximum Gasteiger partial charge on any atom is 0.266 e. The van der Waals surface area contributed by atoms with E-state index in [1.807, 2.05) is 32.0 Å². The van der Waals surface area contributed by atoms with Crippen molar-refractivity contribution in [2.75, 3.05) is 5.32 Å². The van der Waals surface area contributed by atoms with Crippen LogP contribution in [0.4, 0.5) is 10.1 Å². The van der Waals surface area contributed by atoms with Gasteiger partial charge in [0.2, 0.25) is 0 Å². The first-order valence-corrected chi connectivity index (χ1v) is 8.33. The largest absolute Gasteiger partial charge is 0.457 e. The van der Waals surface area contributed by atoms with Crippen LogP contribution in [0.15, 0.2) is 64.6 Å². The fourth-order valence-electron chi connectivity index (χ4n) is 2.59. The molecule has 5 heteroatoms. The summed E-state index contributed by atoms with van der Waals surface area (Å²) >= 11 is 0. The summed E-state index contributed by atoms with van der Waals surface area (Å²) in [5.74, 6) is -0.101. The van der Waals surface area contributed by atoms with E-state index in [0.717, 1.165) is 11.1 Å². The number of nitrogens with zero attached hydrogens (tertiary/aromatic N) is 1. The summed E-state index contributed by atoms with van der Waals surface area (Å²) in [6.45, 7) is 3.85. The predicted molar refractivity (Wildman–Crippen MR) is 102 cm³/mol. The molecule has 1 amide bonds. The second-order valence-corrected chi connectivity index (χ2v) is 6.08. The Hall–Kier alpha value is -3.65. The van der Waals surface area contributed by atoms with Crippen LogP contribution in [0.3, 0.4) is 0 Å². The van der Waals surface area contributed by atoms with E-state index in [4.69, 9.17) is 4.42 Å². The molecule has 4 nitrogen and oxygen atoms in total. The van der Waals surface area contributed by atoms with Crippen molar-refractivity contribution in [2.45, 2.75) is 13.8 Å². The highest BCUT2D eigenvalue weighted by Crippen LogP contribution is 2.24. The van der Waals surface area contributed by atoms with Gasteiger partial charge in [0, 0.05) is 17.3 Å². The van der Waals surface area contributed by atoms with Crippen LogP contribution in [0, 0.1) is 31.0 Å². The van der Waals surface area contributed by atoms with Gasteiger partial charge in [-0.25, -0.2) is 4.39 Å². The first-order chi connectivity index (χ1) is 13.0. The van der Waals surface area contributed by atoms with Crippen LogP contribution in [0.2, 0.25) is 0 Å². The van der Waals surface area contributed by atoms with Gasteiger partial charge in [0.25, 0.3) is 5.91 Å². The molecule has 0 atom stereocenters. The van der Waals surface area contributed by atoms with E-state index >= 15 is 0 Å². The van der Waals surface area contributed by atoms with Gasteiger partial charge in [-0.15, -0.1) is 0 Å². The lowest BCUT2D eigenvalue weighted by Crippen LogP contribution is -2.14. The molecule has 1 heterocycles. The van der Waals surface area contributed by atoms with Crippen molar-refractivity contribution in [1.82, 2.24) is 0 Å². The molecule has 0 fully saturated rings. The molecular weight excluding hydrogens is 343 g/mol. The molecule has 1 N–H and O–H groups in total. The molecule has 0 radical (unpaired) electrons. The Balaban J connectivity index is 1.83. The molecule has 0 saturated heterocycles. The molecule has 0 aliphatic heterocycles. The highest BCUT2D eigenvalue weighted by atomic mass is 19.1. The Morgan fingerprint density at radius 1 is 1.15 bits per heavy atom. The first-order valence-electron chi connectivity index (χ1n) is 8.33. The number of hydrogen-bond acceptors (Lipinski definition) is 3. The van der Waals surface area contributed by atoms with Crippen LogP contribution >= 0.6 is 0 Å². The number of nitriles is 1. The third-order valence-corrected chi connectivity index (χ3v) is 4.24. The summed E-state index contributed by atoms with van der Waals surface area (Å²) in [7, 11) is 0. The number of anilines is 1. The van der Waals surface area contributed by atoms with Crippen molar-refractivity contribution < 1.29 is 13.6 Å². The number of nitrogens with one attached hydrogen (secondary N) is 1. The Morgan fingerprint density at radius 2 is 1.93 bits per heavy atom. The molecular formula is C22H17FN2O2. The number of furan rings is 1. The number of benzene rings is 2. The van der Waals surface area contributed by atoms with Gasteiger partial charge in [-0.05, 0) is 55.3 Å². The molecule has 0 bridgehead atoms. The SMILES string of the molecule is Cc1cccc(NC(=O)/C(C#N)=C\c2ccc(-c3cccc(F)c3)o2)c1C. The molecule has 0 saturated carbocycles. The average molecular weight is 360 g/mol. The lowest BCUT2D eigenvalue weighted by molar-refractivity contribution is -0.112. The standard InChI is InChI=1S/C22H17FN2O2/c1-14-5-3-8-20(15(14)2)25-22(26)17(13-24)12-19-9-10-21(27-19)16-6-4-7-18(23)11-16/h3-12H,1-2H3,(H,25,26)/b17-12-. The van der Waals surface area contributed by atoms with Gasteiger partial charge in [0.05, 0.1) is 0 Å². The maximum atomic E-state index is 13.3. The first kappa shape index (κ1) is 18.2. The third kappa shape index (κ3) is 4.13. The molecule has 3 aromatic rings. The zero-order chi connectivity index (χ0) is 19.4. The van der Waals surface area contributed by atoms with Crippen LogP contribution in [0.5, 0.6) is 0 Å². The van der Waals surface area contributed by atoms with Gasteiger partial charge in [0.15, 0.2) is 0 Å². The molecule has 0 spiro atoms. The van der Waals surface area contributed by atoms with E-state index in [-0.39, 0.29) is 11.4 Å². The second kappa shape index (κ2) is 7.71. The van der Waals surface area contributed by atoms with Crippen molar-refractivity contribution in [3.05, 3.63) is 82.9 Å². The fourth-order valence-corrected chi connectivity index (χ4v) is 2.59. The van der Waals surface area contributed by atoms with Gasteiger partial charge in [-0.1, -0.05) is 24.3 Å². The summed E-state index contributed by atoms with van der Waals surface area (Å²) < 4.78 is 19.0. The molecule has 0 unspecified atom stereocenters. The predicted octanol–water partition coefficient (Wildman–Crippen LogP) is 5.25. The summed E-state index contributed by atoms with van der Waals surface area (Å²) in [5, 5.41) is 12.1. The normalized spacial score (nSPS) is 11.1. The zero-order valence-corrected chi connectivity index (χ0v) is 14.9. The molecule has 27 heavy (non-hydrogen) atoms. The lowest BCUT2D eigenvalue weighted by atomic mass is 10.1. The minimum atomic E-state index is -0.519. The number of aryl methyl sites for hydroxylation is 1. The Kier molecular flexibility index (Phi) is 5.18. The molecule has 134 valence electrons. The molecule has 0 aliphatic rings. The van der Waals surface area contributed by atoms with E-state index in [1.165, 1.54) is 18.2 Å². The number of carbonyl (C=O) groups excluding carboxylic acids is 1. The minimum absolute atomic E-state index is 0.0870. The van der Waals surface area contributed by atoms with Crippen molar-refractivity contribution in [1.29, 1.82) is 5.26 Å². The van der Waals surface area contributed by atoms with Crippen molar-refractivity contribution in [3.63, 3.8) is 0 Å². The number of carbonyl (C=O) groups is 1. The van der Waals surface area contributed by atoms with Crippen molar-refractivity contribution in [2.24, 2.45) is 0 Å². The van der Waals surface area contributed by atoms with E-state index in [0.29, 0.717) is 22.8 Å². The quantitative estimate of drug-likeness (QED) is 0.510. The van der Waals surface area contributed by atoms with Gasteiger partial charge in [0.1, 0.15) is 29.0 Å². The molecule has 3 rings (SSSR count). The lowest BCUT2D eigenvalue weighted by Gasteiger charge is -2.09. The van der Waals surface area contributed by atoms with Crippen molar-refractivity contribution in [3.8, 4) is 17.4 Å². The smallest absolute Gasteiger partial charge is 0.266 e. The summed E-state index contributed by atoms with van der Waals surface area (Å²) in [4.78, 5) is 12.4. The Labute approximate surface area is 156 Å². The van der Waals surface area contributed by atoms with Crippen LogP contribution in [-0.4, -0.2) is 5.91 Å². The summed E-state index contributed by atoms with van der Waals surface area (Å²) in [5.41, 5.74) is 3.13. The fraction of sp³-hybridized carbons (Fsp3) is 0.0909. The summed E-state index contributed by atoms with van der Waals surface area (Å²) in [6.07, 6.45) is 1.36. The third-order valence-electron chi connectivity index (χ3n) is 4.24. The molecule has 0 aliphatic carbocycles. The van der Waals surface area contributed by atoms with Crippen LogP contribution in [-0.2, 0) is 4.79 Å². The van der Waals surface area contributed by atoms with Gasteiger partial charge >= 0.3 is 0 Å². The maximum absolute atomic E-state index is 13.3. The number of rotatable bonds is 4. The molecule has 2 aromatic carbocycles. The van der Waals surface area contributed by atoms with Gasteiger partial charge in [-0.2, -0.15) is 5.26 Å². The highest BCUT2D eigenvalue weighted by molar-refractivity contribution is 6.09. The van der Waals surface area contributed by atoms with Crippen LogP contribution in [0.1, 0.15) is 16.9 Å². The monoisotopic (exact) mass is 360 g/mol. The van der Waals surface area contributed by atoms with Crippen LogP contribution < -0.4 is 5.32 Å². The summed E-state index contributed by atoms with van der Waals surface area (Å²) in [6, 6.07) is 16.8. The average Bonchev–Trinajstić information content (AvgIpc) is 3.12. The number of halogens is 1. The van der Waals surface area contributed by atoms with Crippen LogP contribution in [0.25, 0.3) is 17.4 Å². The van der Waals surface area contributed by atoms with E-state index < -0.39 is 5.91 Å². The highest BCUT2D eigenvalue weighted by Gasteiger charge is 2.13. The van der Waals surface area contributed by atoms with Gasteiger partial charge in [-0.3, -0.25) is 4.79 Å². The molecule has 1 aromatic heterocycles. The van der Waals surface area contributed by atoms with E-state index in [2.05, 4.69) is 5.32 Å². The minimum Gasteiger partial charge on any atom is -0.457 e. The Bertz CT molecular complexity index is 1070. The zero-order valence-electron chi connectivity index (χ0n) is 14.9. The number of amides is 1. The number of hydrogen-bond donors (Lipinski definition) is 1. The van der Waals surface area contributed by atoms with E-state index in [1.54, 1.807) is 30.3 Å². The Morgan fingerprint density at radius 3 is 2.67 bits per heavy atom. The van der Waals surface area contributed by atoms with E-state index in [9.17, 15) is 14.4 Å². The second-order valence-electron chi connectivity index (χ2n) is 6.08.